The first-order valence-corrected chi connectivity index (χ1v) is 6.53. The highest BCUT2D eigenvalue weighted by Gasteiger charge is 2.09. The molecule has 0 aliphatic rings. The molecule has 3 nitrogen and oxygen atoms in total. The molecule has 0 fully saturated rings. The van der Waals surface area contributed by atoms with E-state index in [-0.39, 0.29) is 11.1 Å². The topological polar surface area (TPSA) is 47.3 Å². The van der Waals surface area contributed by atoms with Crippen molar-refractivity contribution in [1.29, 1.82) is 0 Å². The quantitative estimate of drug-likeness (QED) is 0.435. The van der Waals surface area contributed by atoms with E-state index in [1.165, 1.54) is 6.07 Å². The van der Waals surface area contributed by atoms with Crippen molar-refractivity contribution in [3.05, 3.63) is 34.6 Å². The van der Waals surface area contributed by atoms with Crippen LogP contribution in [-0.2, 0) is 11.2 Å². The van der Waals surface area contributed by atoms with E-state index in [0.29, 0.717) is 13.0 Å². The highest BCUT2D eigenvalue weighted by Crippen LogP contribution is 2.17. The molecule has 0 saturated carbocycles. The summed E-state index contributed by atoms with van der Waals surface area (Å²) in [5.41, 5.74) is 3.60. The summed E-state index contributed by atoms with van der Waals surface area (Å²) in [6, 6.07) is 4.89. The molecule has 1 aromatic carbocycles. The Bertz CT molecular complexity index is 363. The van der Waals surface area contributed by atoms with Gasteiger partial charge in [-0.05, 0) is 37.0 Å². The van der Waals surface area contributed by atoms with Crippen LogP contribution in [0.1, 0.15) is 25.3 Å². The van der Waals surface area contributed by atoms with Gasteiger partial charge in [-0.25, -0.2) is 4.39 Å². The van der Waals surface area contributed by atoms with Gasteiger partial charge >= 0.3 is 0 Å². The average molecular weight is 275 g/mol. The maximum atomic E-state index is 13.3. The van der Waals surface area contributed by atoms with Crippen LogP contribution in [0.15, 0.2) is 18.2 Å². The molecule has 1 atom stereocenters. The van der Waals surface area contributed by atoms with E-state index in [1.54, 1.807) is 6.07 Å². The van der Waals surface area contributed by atoms with Crippen molar-refractivity contribution in [3.63, 3.8) is 0 Å². The minimum absolute atomic E-state index is 0.0717. The fraction of sp³-hybridized carbons (Fsp3) is 0.538. The Balaban J connectivity index is 2.44. The zero-order valence-corrected chi connectivity index (χ0v) is 11.3. The van der Waals surface area contributed by atoms with Crippen LogP contribution in [-0.4, -0.2) is 19.3 Å². The Labute approximate surface area is 112 Å². The van der Waals surface area contributed by atoms with Crippen molar-refractivity contribution in [2.45, 2.75) is 32.2 Å². The minimum Gasteiger partial charge on any atom is -0.381 e. The van der Waals surface area contributed by atoms with E-state index < -0.39 is 5.82 Å². The number of nitrogens with one attached hydrogen (secondary N) is 1. The Hall–Kier alpha value is -0.680. The molecule has 18 heavy (non-hydrogen) atoms. The molecule has 0 spiro atoms. The van der Waals surface area contributed by atoms with E-state index >= 15 is 0 Å². The lowest BCUT2D eigenvalue weighted by molar-refractivity contribution is 0.124. The van der Waals surface area contributed by atoms with Crippen molar-refractivity contribution >= 4 is 11.6 Å². The lowest BCUT2D eigenvalue weighted by Gasteiger charge is -2.16. The molecule has 1 unspecified atom stereocenters. The third-order valence-electron chi connectivity index (χ3n) is 2.66. The highest BCUT2D eigenvalue weighted by molar-refractivity contribution is 6.30. The molecule has 0 aliphatic carbocycles. The van der Waals surface area contributed by atoms with Gasteiger partial charge in [-0.15, -0.1) is 0 Å². The van der Waals surface area contributed by atoms with E-state index in [4.69, 9.17) is 22.2 Å². The van der Waals surface area contributed by atoms with E-state index in [9.17, 15) is 4.39 Å². The molecule has 0 aromatic heterocycles. The maximum absolute atomic E-state index is 13.3. The second-order valence-electron chi connectivity index (χ2n) is 4.22. The zero-order valence-electron chi connectivity index (χ0n) is 10.6. The van der Waals surface area contributed by atoms with Crippen LogP contribution in [0, 0.1) is 5.82 Å². The van der Waals surface area contributed by atoms with E-state index in [1.807, 2.05) is 6.07 Å². The summed E-state index contributed by atoms with van der Waals surface area (Å²) >= 11 is 5.63. The number of ether oxygens (including phenoxy) is 1. The number of hydrogen-bond acceptors (Lipinski definition) is 3. The number of hydrazine groups is 1. The fourth-order valence-corrected chi connectivity index (χ4v) is 1.78. The van der Waals surface area contributed by atoms with Gasteiger partial charge in [0.25, 0.3) is 0 Å². The molecule has 3 N–H and O–H groups in total. The molecule has 0 saturated heterocycles. The van der Waals surface area contributed by atoms with Gasteiger partial charge in [0, 0.05) is 19.3 Å². The largest absolute Gasteiger partial charge is 0.381 e. The smallest absolute Gasteiger partial charge is 0.142 e. The predicted molar refractivity (Wildman–Crippen MR) is 72.0 cm³/mol. The highest BCUT2D eigenvalue weighted by atomic mass is 35.5. The summed E-state index contributed by atoms with van der Waals surface area (Å²) in [6.45, 7) is 3.47. The van der Waals surface area contributed by atoms with Gasteiger partial charge < -0.3 is 4.74 Å². The fourth-order valence-electron chi connectivity index (χ4n) is 1.67. The van der Waals surface area contributed by atoms with Gasteiger partial charge in [0.2, 0.25) is 0 Å². The molecule has 0 heterocycles. The van der Waals surface area contributed by atoms with Crippen molar-refractivity contribution in [3.8, 4) is 0 Å². The molecular weight excluding hydrogens is 255 g/mol. The predicted octanol–water partition coefficient (Wildman–Crippen LogP) is 2.67. The summed E-state index contributed by atoms with van der Waals surface area (Å²) in [4.78, 5) is 0. The number of halogens is 2. The van der Waals surface area contributed by atoms with Crippen LogP contribution in [0.4, 0.5) is 4.39 Å². The lowest BCUT2D eigenvalue weighted by atomic mass is 10.0. The van der Waals surface area contributed by atoms with E-state index in [0.717, 1.165) is 25.0 Å². The number of benzene rings is 1. The monoisotopic (exact) mass is 274 g/mol. The van der Waals surface area contributed by atoms with Gasteiger partial charge in [0.1, 0.15) is 5.82 Å². The molecule has 0 amide bonds. The maximum Gasteiger partial charge on any atom is 0.142 e. The summed E-state index contributed by atoms with van der Waals surface area (Å²) in [5, 5.41) is 0.141. The van der Waals surface area contributed by atoms with Crippen LogP contribution < -0.4 is 11.3 Å². The third-order valence-corrected chi connectivity index (χ3v) is 2.97. The normalized spacial score (nSPS) is 12.7. The Morgan fingerprint density at radius 3 is 2.83 bits per heavy atom. The molecule has 5 heteroatoms. The molecular formula is C13H20ClFN2O. The Morgan fingerprint density at radius 1 is 1.44 bits per heavy atom. The Morgan fingerprint density at radius 2 is 2.22 bits per heavy atom. The molecule has 102 valence electrons. The zero-order chi connectivity index (χ0) is 13.4. The lowest BCUT2D eigenvalue weighted by Crippen LogP contribution is -2.37. The second-order valence-corrected chi connectivity index (χ2v) is 4.62. The van der Waals surface area contributed by atoms with Gasteiger partial charge in [-0.3, -0.25) is 11.3 Å². The van der Waals surface area contributed by atoms with Crippen molar-refractivity contribution in [2.75, 3.05) is 13.2 Å². The molecule has 0 aliphatic heterocycles. The van der Waals surface area contributed by atoms with Crippen molar-refractivity contribution in [1.82, 2.24) is 5.43 Å². The summed E-state index contributed by atoms with van der Waals surface area (Å²) < 4.78 is 18.7. The first kappa shape index (κ1) is 15.4. The number of rotatable bonds is 8. The van der Waals surface area contributed by atoms with Gasteiger partial charge in [0.15, 0.2) is 0 Å². The second kappa shape index (κ2) is 8.43. The van der Waals surface area contributed by atoms with Crippen LogP contribution >= 0.6 is 11.6 Å². The molecule has 0 radical (unpaired) electrons. The van der Waals surface area contributed by atoms with Gasteiger partial charge in [0.05, 0.1) is 5.02 Å². The van der Waals surface area contributed by atoms with Crippen molar-refractivity contribution < 1.29 is 9.13 Å². The molecule has 1 rings (SSSR count). The standard InChI is InChI=1S/C13H20ClFN2O/c1-2-6-18-7-5-11(17-16)8-10-3-4-12(14)13(15)9-10/h3-4,9,11,17H,2,5-8,16H2,1H3. The first-order chi connectivity index (χ1) is 8.67. The van der Waals surface area contributed by atoms with Crippen LogP contribution in [0.2, 0.25) is 5.02 Å². The molecule has 1 aromatic rings. The number of nitrogens with two attached hydrogens (primary N) is 1. The number of hydrogen-bond donors (Lipinski definition) is 2. The van der Waals surface area contributed by atoms with Gasteiger partial charge in [-0.2, -0.15) is 0 Å². The minimum atomic E-state index is -0.396. The van der Waals surface area contributed by atoms with Gasteiger partial charge in [-0.1, -0.05) is 24.6 Å². The average Bonchev–Trinajstić information content (AvgIpc) is 2.37. The Kier molecular flexibility index (Phi) is 7.20. The van der Waals surface area contributed by atoms with Crippen LogP contribution in [0.3, 0.4) is 0 Å². The SMILES string of the molecule is CCCOCCC(Cc1ccc(Cl)c(F)c1)NN. The summed E-state index contributed by atoms with van der Waals surface area (Å²) in [6.07, 6.45) is 2.45. The first-order valence-electron chi connectivity index (χ1n) is 6.15. The van der Waals surface area contributed by atoms with Crippen molar-refractivity contribution in [2.24, 2.45) is 5.84 Å². The van der Waals surface area contributed by atoms with Crippen LogP contribution in [0.5, 0.6) is 0 Å². The molecule has 0 bridgehead atoms. The van der Waals surface area contributed by atoms with E-state index in [2.05, 4.69) is 12.3 Å². The third kappa shape index (κ3) is 5.31. The van der Waals surface area contributed by atoms with Crippen LogP contribution in [0.25, 0.3) is 0 Å². The summed E-state index contributed by atoms with van der Waals surface area (Å²) in [7, 11) is 0. The summed E-state index contributed by atoms with van der Waals surface area (Å²) in [5.74, 6) is 5.08.